The van der Waals surface area contributed by atoms with E-state index in [0.717, 1.165) is 38.4 Å². The van der Waals surface area contributed by atoms with Crippen LogP contribution in [0.1, 0.15) is 11.1 Å². The molecular formula is C20H14N4OS. The van der Waals surface area contributed by atoms with Crippen LogP contribution in [0, 0.1) is 6.92 Å². The molecule has 2 aromatic carbocycles. The summed E-state index contributed by atoms with van der Waals surface area (Å²) < 4.78 is 2.34. The summed E-state index contributed by atoms with van der Waals surface area (Å²) >= 11 is 1.40. The van der Waals surface area contributed by atoms with Crippen LogP contribution in [0.5, 0.6) is 0 Å². The normalized spacial score (nSPS) is 12.4. The van der Waals surface area contributed by atoms with Gasteiger partial charge in [0.25, 0.3) is 5.56 Å². The van der Waals surface area contributed by atoms with Gasteiger partial charge >= 0.3 is 0 Å². The minimum atomic E-state index is -0.0432. The summed E-state index contributed by atoms with van der Waals surface area (Å²) in [4.78, 5) is 18.3. The highest BCUT2D eigenvalue weighted by Crippen LogP contribution is 2.22. The lowest BCUT2D eigenvalue weighted by atomic mass is 10.1. The smallest absolute Gasteiger partial charge is 0.274 e. The lowest BCUT2D eigenvalue weighted by Gasteiger charge is -1.98. The van der Waals surface area contributed by atoms with E-state index in [0.29, 0.717) is 4.53 Å². The molecule has 0 atom stereocenters. The minimum Gasteiger partial charge on any atom is -0.277 e. The van der Waals surface area contributed by atoms with Gasteiger partial charge in [-0.15, -0.1) is 0 Å². The monoisotopic (exact) mass is 358 g/mol. The number of hydrogen-bond donors (Lipinski definition) is 1. The Bertz CT molecular complexity index is 1360. The summed E-state index contributed by atoms with van der Waals surface area (Å²) in [5.41, 5.74) is 5.59. The predicted octanol–water partition coefficient (Wildman–Crippen LogP) is 3.16. The lowest BCUT2D eigenvalue weighted by molar-refractivity contribution is 1.10. The summed E-state index contributed by atoms with van der Waals surface area (Å²) in [6, 6.07) is 15.9. The zero-order valence-corrected chi connectivity index (χ0v) is 14.7. The first-order valence-corrected chi connectivity index (χ1v) is 9.05. The van der Waals surface area contributed by atoms with E-state index in [-0.39, 0.29) is 5.56 Å². The molecule has 0 amide bonds. The summed E-state index contributed by atoms with van der Waals surface area (Å²) in [5.74, 6) is 0. The van der Waals surface area contributed by atoms with E-state index in [2.05, 4.69) is 15.2 Å². The lowest BCUT2D eigenvalue weighted by Crippen LogP contribution is -2.22. The first-order chi connectivity index (χ1) is 12.7. The Hall–Kier alpha value is -3.25. The number of imidazole rings is 1. The number of nitrogens with one attached hydrogen (secondary N) is 1. The van der Waals surface area contributed by atoms with Gasteiger partial charge in [-0.3, -0.25) is 9.89 Å². The van der Waals surface area contributed by atoms with E-state index in [4.69, 9.17) is 0 Å². The van der Waals surface area contributed by atoms with Crippen molar-refractivity contribution in [2.75, 3.05) is 0 Å². The molecule has 0 spiro atoms. The third kappa shape index (κ3) is 2.19. The molecule has 26 heavy (non-hydrogen) atoms. The third-order valence-corrected chi connectivity index (χ3v) is 5.46. The maximum Gasteiger partial charge on any atom is 0.274 e. The molecule has 3 aromatic heterocycles. The molecule has 0 radical (unpaired) electrons. The van der Waals surface area contributed by atoms with Crippen molar-refractivity contribution in [2.24, 2.45) is 0 Å². The van der Waals surface area contributed by atoms with E-state index in [1.165, 1.54) is 11.3 Å². The molecule has 5 aromatic rings. The SMILES string of the molecule is Cc1cccc2c1nc1sc(=Cc3cn[nH]c3-c3ccccc3)c(=O)n12. The standard InChI is InChI=1S/C20H14N4OS/c1-12-6-5-9-15-17(12)22-20-24(15)19(25)16(26-20)10-14-11-21-23-18(14)13-7-3-2-4-8-13/h2-11H,1H3,(H,21,23). The number of H-pyrrole nitrogens is 1. The van der Waals surface area contributed by atoms with Crippen LogP contribution in [-0.2, 0) is 0 Å². The van der Waals surface area contributed by atoms with Crippen molar-refractivity contribution in [2.45, 2.75) is 6.92 Å². The highest BCUT2D eigenvalue weighted by Gasteiger charge is 2.13. The van der Waals surface area contributed by atoms with Crippen LogP contribution in [0.15, 0.2) is 59.5 Å². The number of thiazole rings is 1. The maximum absolute atomic E-state index is 13.0. The van der Waals surface area contributed by atoms with E-state index < -0.39 is 0 Å². The number of fused-ring (bicyclic) bond motifs is 3. The van der Waals surface area contributed by atoms with Gasteiger partial charge in [0.2, 0.25) is 0 Å². The molecule has 6 heteroatoms. The molecule has 126 valence electrons. The second-order valence-corrected chi connectivity index (χ2v) is 7.16. The Labute approximate surface area is 152 Å². The summed E-state index contributed by atoms with van der Waals surface area (Å²) in [7, 11) is 0. The molecule has 0 saturated carbocycles. The van der Waals surface area contributed by atoms with Crippen LogP contribution in [0.25, 0.3) is 33.3 Å². The predicted molar refractivity (Wildman–Crippen MR) is 104 cm³/mol. The van der Waals surface area contributed by atoms with Crippen molar-refractivity contribution >= 4 is 33.4 Å². The fraction of sp³-hybridized carbons (Fsp3) is 0.0500. The molecule has 5 rings (SSSR count). The first-order valence-electron chi connectivity index (χ1n) is 8.23. The molecule has 3 heterocycles. The second kappa shape index (κ2) is 5.64. The quantitative estimate of drug-likeness (QED) is 0.527. The molecule has 5 nitrogen and oxygen atoms in total. The van der Waals surface area contributed by atoms with Crippen molar-refractivity contribution in [3.8, 4) is 11.3 Å². The van der Waals surface area contributed by atoms with Crippen LogP contribution in [0.2, 0.25) is 0 Å². The molecule has 0 aliphatic rings. The highest BCUT2D eigenvalue weighted by molar-refractivity contribution is 7.15. The molecule has 0 aliphatic heterocycles. The van der Waals surface area contributed by atoms with Crippen LogP contribution < -0.4 is 10.1 Å². The number of aryl methyl sites for hydroxylation is 1. The fourth-order valence-electron chi connectivity index (χ4n) is 3.21. The van der Waals surface area contributed by atoms with Crippen molar-refractivity contribution in [1.29, 1.82) is 0 Å². The van der Waals surface area contributed by atoms with Crippen LogP contribution >= 0.6 is 11.3 Å². The van der Waals surface area contributed by atoms with Gasteiger partial charge in [-0.1, -0.05) is 53.8 Å². The van der Waals surface area contributed by atoms with Crippen molar-refractivity contribution in [3.63, 3.8) is 0 Å². The number of rotatable bonds is 2. The van der Waals surface area contributed by atoms with Crippen molar-refractivity contribution in [3.05, 3.63) is 80.7 Å². The number of aromatic nitrogens is 4. The van der Waals surface area contributed by atoms with Crippen LogP contribution in [-0.4, -0.2) is 19.6 Å². The van der Waals surface area contributed by atoms with Crippen LogP contribution in [0.3, 0.4) is 0 Å². The van der Waals surface area contributed by atoms with Gasteiger partial charge in [-0.05, 0) is 24.6 Å². The molecule has 1 N–H and O–H groups in total. The van der Waals surface area contributed by atoms with Gasteiger partial charge in [0, 0.05) is 11.1 Å². The van der Waals surface area contributed by atoms with Crippen molar-refractivity contribution < 1.29 is 0 Å². The van der Waals surface area contributed by atoms with E-state index in [9.17, 15) is 4.79 Å². The number of benzene rings is 2. The number of hydrogen-bond acceptors (Lipinski definition) is 4. The molecule has 0 unspecified atom stereocenters. The average Bonchev–Trinajstić information content (AvgIpc) is 3.33. The fourth-order valence-corrected chi connectivity index (χ4v) is 4.18. The molecule has 0 bridgehead atoms. The third-order valence-electron chi connectivity index (χ3n) is 4.49. The van der Waals surface area contributed by atoms with E-state index in [1.807, 2.05) is 61.5 Å². The minimum absolute atomic E-state index is 0.0432. The summed E-state index contributed by atoms with van der Waals surface area (Å²) in [6.07, 6.45) is 3.63. The molecule has 0 fully saturated rings. The van der Waals surface area contributed by atoms with Crippen LogP contribution in [0.4, 0.5) is 0 Å². The first kappa shape index (κ1) is 15.0. The highest BCUT2D eigenvalue weighted by atomic mass is 32.1. The molecule has 0 saturated heterocycles. The topological polar surface area (TPSA) is 63.0 Å². The van der Waals surface area contributed by atoms with Gasteiger partial charge < -0.3 is 0 Å². The van der Waals surface area contributed by atoms with Gasteiger partial charge in [-0.2, -0.15) is 5.10 Å². The maximum atomic E-state index is 13.0. The van der Waals surface area contributed by atoms with Gasteiger partial charge in [-0.25, -0.2) is 9.38 Å². The zero-order valence-electron chi connectivity index (χ0n) is 13.9. The summed E-state index contributed by atoms with van der Waals surface area (Å²) in [5, 5.41) is 7.18. The Morgan fingerprint density at radius 2 is 1.96 bits per heavy atom. The summed E-state index contributed by atoms with van der Waals surface area (Å²) in [6.45, 7) is 2.01. The van der Waals surface area contributed by atoms with Gasteiger partial charge in [0.1, 0.15) is 0 Å². The van der Waals surface area contributed by atoms with Gasteiger partial charge in [0.15, 0.2) is 4.96 Å². The molecule has 0 aliphatic carbocycles. The zero-order chi connectivity index (χ0) is 17.7. The molecular weight excluding hydrogens is 344 g/mol. The number of aromatic amines is 1. The van der Waals surface area contributed by atoms with E-state index in [1.54, 1.807) is 10.6 Å². The second-order valence-electron chi connectivity index (χ2n) is 6.15. The Morgan fingerprint density at radius 3 is 2.81 bits per heavy atom. The number of para-hydroxylation sites is 1. The Morgan fingerprint density at radius 1 is 1.12 bits per heavy atom. The van der Waals surface area contributed by atoms with Crippen molar-refractivity contribution in [1.82, 2.24) is 19.6 Å². The largest absolute Gasteiger partial charge is 0.277 e. The Balaban J connectivity index is 1.74. The average molecular weight is 358 g/mol. The Kier molecular flexibility index (Phi) is 3.26. The van der Waals surface area contributed by atoms with E-state index >= 15 is 0 Å². The van der Waals surface area contributed by atoms with Gasteiger partial charge in [0.05, 0.1) is 27.5 Å². The number of nitrogens with zero attached hydrogens (tertiary/aromatic N) is 3.